The summed E-state index contributed by atoms with van der Waals surface area (Å²) >= 11 is 0. The molecule has 1 aliphatic carbocycles. The number of aliphatic hydroxyl groups is 1. The van der Waals surface area contributed by atoms with Gasteiger partial charge in [0.05, 0.1) is 12.1 Å². The Balaban J connectivity index is 1.85. The summed E-state index contributed by atoms with van der Waals surface area (Å²) in [7, 11) is 0. The minimum Gasteiger partial charge on any atom is -0.424 e. The average Bonchev–Trinajstić information content (AvgIpc) is 2.80. The van der Waals surface area contributed by atoms with Crippen LogP contribution in [0.3, 0.4) is 0 Å². The fraction of sp³-hybridized carbons (Fsp3) is 0.533. The van der Waals surface area contributed by atoms with Gasteiger partial charge in [-0.3, -0.25) is 0 Å². The topological polar surface area (TPSA) is 58.3 Å². The van der Waals surface area contributed by atoms with Crippen molar-refractivity contribution in [1.29, 1.82) is 0 Å². The molecule has 0 bridgehead atoms. The van der Waals surface area contributed by atoms with Crippen LogP contribution in [0, 0.1) is 5.92 Å². The normalized spacial score (nSPS) is 27.6. The van der Waals surface area contributed by atoms with Crippen molar-refractivity contribution in [3.63, 3.8) is 0 Å². The van der Waals surface area contributed by atoms with E-state index in [4.69, 9.17) is 4.42 Å². The van der Waals surface area contributed by atoms with Crippen molar-refractivity contribution in [1.82, 2.24) is 4.98 Å². The lowest BCUT2D eigenvalue weighted by molar-refractivity contribution is 0.147. The second-order valence-corrected chi connectivity index (χ2v) is 5.75. The zero-order valence-electron chi connectivity index (χ0n) is 11.2. The summed E-state index contributed by atoms with van der Waals surface area (Å²) in [5, 5.41) is 13.1. The minimum atomic E-state index is -0.279. The van der Waals surface area contributed by atoms with Crippen LogP contribution in [-0.4, -0.2) is 22.2 Å². The van der Waals surface area contributed by atoms with E-state index in [0.29, 0.717) is 11.9 Å². The van der Waals surface area contributed by atoms with Crippen molar-refractivity contribution in [3.05, 3.63) is 24.3 Å². The van der Waals surface area contributed by atoms with Crippen molar-refractivity contribution < 1.29 is 9.52 Å². The maximum Gasteiger partial charge on any atom is 0.296 e. The molecule has 0 aliphatic heterocycles. The Hall–Kier alpha value is -1.55. The van der Waals surface area contributed by atoms with Crippen LogP contribution in [-0.2, 0) is 0 Å². The summed E-state index contributed by atoms with van der Waals surface area (Å²) in [6, 6.07) is 8.23. The second-order valence-electron chi connectivity index (χ2n) is 5.75. The first kappa shape index (κ1) is 12.5. The van der Waals surface area contributed by atoms with Crippen LogP contribution in [0.1, 0.15) is 32.6 Å². The highest BCUT2D eigenvalue weighted by Crippen LogP contribution is 2.35. The molecule has 1 aromatic carbocycles. The fourth-order valence-corrected chi connectivity index (χ4v) is 3.11. The Morgan fingerprint density at radius 1 is 1.47 bits per heavy atom. The number of anilines is 1. The molecule has 1 aromatic heterocycles. The van der Waals surface area contributed by atoms with E-state index in [2.05, 4.69) is 17.2 Å². The highest BCUT2D eigenvalue weighted by atomic mass is 16.4. The maximum atomic E-state index is 9.76. The summed E-state index contributed by atoms with van der Waals surface area (Å²) in [6.07, 6.45) is 4.29. The van der Waals surface area contributed by atoms with Gasteiger partial charge in [0.2, 0.25) is 0 Å². The van der Waals surface area contributed by atoms with E-state index in [0.717, 1.165) is 30.4 Å². The summed E-state index contributed by atoms with van der Waals surface area (Å²) in [6.45, 7) is 2.35. The molecule has 0 spiro atoms. The molecule has 2 N–H and O–H groups in total. The summed E-state index contributed by atoms with van der Waals surface area (Å²) < 4.78 is 5.70. The van der Waals surface area contributed by atoms with E-state index >= 15 is 0 Å². The Morgan fingerprint density at radius 3 is 3.05 bits per heavy atom. The van der Waals surface area contributed by atoms with Crippen LogP contribution in [0.25, 0.3) is 11.1 Å². The smallest absolute Gasteiger partial charge is 0.296 e. The maximum absolute atomic E-state index is 9.76. The van der Waals surface area contributed by atoms with Crippen molar-refractivity contribution >= 4 is 17.1 Å². The first-order chi connectivity index (χ1) is 9.21. The molecular weight excluding hydrogens is 240 g/mol. The number of fused-ring (bicyclic) bond motifs is 1. The number of aliphatic hydroxyl groups excluding tert-OH is 1. The van der Waals surface area contributed by atoms with Gasteiger partial charge in [-0.1, -0.05) is 31.9 Å². The standard InChI is InChI=1S/C15H20N2O2/c1-11-5-4-8-15(9-11,10-18)17-14-16-12-6-2-3-7-13(12)19-14/h2-3,6-7,11,18H,4-5,8-10H2,1H3,(H,16,17). The molecule has 0 amide bonds. The summed E-state index contributed by atoms with van der Waals surface area (Å²) in [5.41, 5.74) is 1.35. The van der Waals surface area contributed by atoms with E-state index < -0.39 is 0 Å². The van der Waals surface area contributed by atoms with Crippen LogP contribution < -0.4 is 5.32 Å². The van der Waals surface area contributed by atoms with Crippen LogP contribution >= 0.6 is 0 Å². The van der Waals surface area contributed by atoms with E-state index in [1.54, 1.807) is 0 Å². The van der Waals surface area contributed by atoms with Gasteiger partial charge in [0.25, 0.3) is 6.01 Å². The van der Waals surface area contributed by atoms with Gasteiger partial charge in [0.1, 0.15) is 5.52 Å². The molecule has 1 saturated carbocycles. The third-order valence-electron chi connectivity index (χ3n) is 4.06. The number of nitrogens with one attached hydrogen (secondary N) is 1. The number of rotatable bonds is 3. The summed E-state index contributed by atoms with van der Waals surface area (Å²) in [5.74, 6) is 0.623. The Labute approximate surface area is 112 Å². The number of benzene rings is 1. The average molecular weight is 260 g/mol. The van der Waals surface area contributed by atoms with Crippen molar-refractivity contribution in [2.45, 2.75) is 38.1 Å². The zero-order chi connectivity index (χ0) is 13.3. The molecule has 2 atom stereocenters. The molecule has 0 radical (unpaired) electrons. The monoisotopic (exact) mass is 260 g/mol. The molecule has 3 rings (SSSR count). The van der Waals surface area contributed by atoms with Crippen LogP contribution in [0.15, 0.2) is 28.7 Å². The first-order valence-corrected chi connectivity index (χ1v) is 6.95. The molecule has 4 heteroatoms. The number of nitrogens with zero attached hydrogens (tertiary/aromatic N) is 1. The molecule has 102 valence electrons. The first-order valence-electron chi connectivity index (χ1n) is 6.95. The number of oxazole rings is 1. The Kier molecular flexibility index (Phi) is 3.19. The second kappa shape index (κ2) is 4.85. The van der Waals surface area contributed by atoms with Gasteiger partial charge in [0.15, 0.2) is 5.58 Å². The molecule has 0 saturated heterocycles. The van der Waals surface area contributed by atoms with Crippen LogP contribution in [0.5, 0.6) is 0 Å². The van der Waals surface area contributed by atoms with Gasteiger partial charge >= 0.3 is 0 Å². The van der Waals surface area contributed by atoms with Crippen molar-refractivity contribution in [2.75, 3.05) is 11.9 Å². The SMILES string of the molecule is CC1CCCC(CO)(Nc2nc3ccccc3o2)C1. The van der Waals surface area contributed by atoms with E-state index in [1.165, 1.54) is 6.42 Å². The number of hydrogen-bond donors (Lipinski definition) is 2. The molecule has 1 fully saturated rings. The molecule has 4 nitrogen and oxygen atoms in total. The largest absolute Gasteiger partial charge is 0.424 e. The molecular formula is C15H20N2O2. The number of para-hydroxylation sites is 2. The predicted octanol–water partition coefficient (Wildman–Crippen LogP) is 3.18. The Bertz CT molecular complexity index is 533. The molecule has 1 heterocycles. The quantitative estimate of drug-likeness (QED) is 0.890. The molecule has 19 heavy (non-hydrogen) atoms. The van der Waals surface area contributed by atoms with Crippen LogP contribution in [0.2, 0.25) is 0 Å². The van der Waals surface area contributed by atoms with Gasteiger partial charge in [-0.25, -0.2) is 0 Å². The highest BCUT2D eigenvalue weighted by molar-refractivity contribution is 5.74. The van der Waals surface area contributed by atoms with E-state index in [-0.39, 0.29) is 12.1 Å². The molecule has 1 aliphatic rings. The highest BCUT2D eigenvalue weighted by Gasteiger charge is 2.35. The van der Waals surface area contributed by atoms with Crippen LogP contribution in [0.4, 0.5) is 6.01 Å². The van der Waals surface area contributed by atoms with E-state index in [9.17, 15) is 5.11 Å². The van der Waals surface area contributed by atoms with Gasteiger partial charge in [-0.05, 0) is 30.9 Å². The molecule has 2 unspecified atom stereocenters. The van der Waals surface area contributed by atoms with Gasteiger partial charge in [-0.2, -0.15) is 4.98 Å². The summed E-state index contributed by atoms with van der Waals surface area (Å²) in [4.78, 5) is 4.44. The van der Waals surface area contributed by atoms with Gasteiger partial charge < -0.3 is 14.8 Å². The molecule has 2 aromatic rings. The lowest BCUT2D eigenvalue weighted by atomic mass is 9.77. The minimum absolute atomic E-state index is 0.121. The third kappa shape index (κ3) is 2.45. The van der Waals surface area contributed by atoms with Gasteiger partial charge in [-0.15, -0.1) is 0 Å². The Morgan fingerprint density at radius 2 is 2.32 bits per heavy atom. The lowest BCUT2D eigenvalue weighted by Gasteiger charge is -2.38. The zero-order valence-corrected chi connectivity index (χ0v) is 11.2. The van der Waals surface area contributed by atoms with E-state index in [1.807, 2.05) is 24.3 Å². The number of hydrogen-bond acceptors (Lipinski definition) is 4. The predicted molar refractivity (Wildman–Crippen MR) is 75.1 cm³/mol. The van der Waals surface area contributed by atoms with Crippen molar-refractivity contribution in [3.8, 4) is 0 Å². The third-order valence-corrected chi connectivity index (χ3v) is 4.06. The lowest BCUT2D eigenvalue weighted by Crippen LogP contribution is -2.45. The van der Waals surface area contributed by atoms with Gasteiger partial charge in [0, 0.05) is 0 Å². The number of aromatic nitrogens is 1. The fourth-order valence-electron chi connectivity index (χ4n) is 3.11. The van der Waals surface area contributed by atoms with Crippen molar-refractivity contribution in [2.24, 2.45) is 5.92 Å².